The Kier molecular flexibility index (Phi) is 4.11. The highest BCUT2D eigenvalue weighted by Gasteiger charge is 2.13. The van der Waals surface area contributed by atoms with Crippen molar-refractivity contribution in [1.29, 1.82) is 0 Å². The summed E-state index contributed by atoms with van der Waals surface area (Å²) >= 11 is 1.65. The number of hydrogen-bond donors (Lipinski definition) is 1. The Hall–Kier alpha value is -2.34. The number of benzene rings is 1. The van der Waals surface area contributed by atoms with Crippen molar-refractivity contribution in [2.45, 2.75) is 12.7 Å². The minimum Gasteiger partial charge on any atom is -0.441 e. The Balaban J connectivity index is 1.86. The van der Waals surface area contributed by atoms with E-state index in [0.717, 1.165) is 16.8 Å². The highest BCUT2D eigenvalue weighted by Crippen LogP contribution is 2.21. The van der Waals surface area contributed by atoms with Crippen molar-refractivity contribution >= 4 is 34.5 Å². The van der Waals surface area contributed by atoms with Gasteiger partial charge in [-0.05, 0) is 30.0 Å². The second kappa shape index (κ2) is 6.19. The summed E-state index contributed by atoms with van der Waals surface area (Å²) in [5.74, 6) is 1.13. The number of hydrogen-bond acceptors (Lipinski definition) is 5. The molecule has 22 heavy (non-hydrogen) atoms. The molecule has 112 valence electrons. The molecule has 0 bridgehead atoms. The van der Waals surface area contributed by atoms with Gasteiger partial charge in [-0.3, -0.25) is 9.78 Å². The zero-order valence-electron chi connectivity index (χ0n) is 12.3. The maximum absolute atomic E-state index is 12.4. The summed E-state index contributed by atoms with van der Waals surface area (Å²) in [6, 6.07) is 9.15. The Bertz CT molecular complexity index is 829. The number of anilines is 1. The maximum Gasteiger partial charge on any atom is 0.274 e. The molecule has 0 aliphatic heterocycles. The normalized spacial score (nSPS) is 10.8. The van der Waals surface area contributed by atoms with Crippen molar-refractivity contribution in [3.63, 3.8) is 0 Å². The highest BCUT2D eigenvalue weighted by molar-refractivity contribution is 7.97. The molecule has 3 aromatic rings. The van der Waals surface area contributed by atoms with Gasteiger partial charge in [-0.2, -0.15) is 11.8 Å². The van der Waals surface area contributed by atoms with Gasteiger partial charge in [-0.15, -0.1) is 0 Å². The van der Waals surface area contributed by atoms with Gasteiger partial charge in [0.2, 0.25) is 0 Å². The SMILES string of the molecule is CSCc1cccnc1C(=O)Nc1ccc2nc(C)oc2c1. The van der Waals surface area contributed by atoms with Crippen LogP contribution in [-0.4, -0.2) is 22.1 Å². The average molecular weight is 313 g/mol. The van der Waals surface area contributed by atoms with E-state index in [9.17, 15) is 4.79 Å². The summed E-state index contributed by atoms with van der Waals surface area (Å²) in [5.41, 5.74) is 3.46. The van der Waals surface area contributed by atoms with Gasteiger partial charge in [0.15, 0.2) is 11.5 Å². The predicted octanol–water partition coefficient (Wildman–Crippen LogP) is 3.65. The fourth-order valence-corrected chi connectivity index (χ4v) is 2.77. The van der Waals surface area contributed by atoms with Crippen LogP contribution in [0.2, 0.25) is 0 Å². The fraction of sp³-hybridized carbons (Fsp3) is 0.188. The molecule has 0 spiro atoms. The minimum atomic E-state index is -0.222. The number of thioether (sulfide) groups is 1. The number of nitrogens with one attached hydrogen (secondary N) is 1. The third-order valence-electron chi connectivity index (χ3n) is 3.16. The number of aryl methyl sites for hydroxylation is 1. The predicted molar refractivity (Wildman–Crippen MR) is 88.2 cm³/mol. The molecule has 0 saturated carbocycles. The third kappa shape index (κ3) is 2.96. The zero-order valence-corrected chi connectivity index (χ0v) is 13.1. The van der Waals surface area contributed by atoms with Crippen LogP contribution in [0, 0.1) is 6.92 Å². The van der Waals surface area contributed by atoms with Crippen LogP contribution in [-0.2, 0) is 5.75 Å². The van der Waals surface area contributed by atoms with Gasteiger partial charge >= 0.3 is 0 Å². The van der Waals surface area contributed by atoms with Crippen LogP contribution in [0.1, 0.15) is 21.9 Å². The number of pyridine rings is 1. The number of carbonyl (C=O) groups is 1. The van der Waals surface area contributed by atoms with E-state index in [1.807, 2.05) is 24.5 Å². The number of oxazole rings is 1. The smallest absolute Gasteiger partial charge is 0.274 e. The zero-order chi connectivity index (χ0) is 15.5. The van der Waals surface area contributed by atoms with Gasteiger partial charge in [0.1, 0.15) is 11.2 Å². The largest absolute Gasteiger partial charge is 0.441 e. The number of fused-ring (bicyclic) bond motifs is 1. The maximum atomic E-state index is 12.4. The molecule has 0 aliphatic carbocycles. The molecule has 0 unspecified atom stereocenters. The van der Waals surface area contributed by atoms with E-state index in [4.69, 9.17) is 4.42 Å². The molecule has 1 N–H and O–H groups in total. The average Bonchev–Trinajstić information content (AvgIpc) is 2.87. The quantitative estimate of drug-likeness (QED) is 0.796. The van der Waals surface area contributed by atoms with E-state index in [0.29, 0.717) is 22.9 Å². The Morgan fingerprint density at radius 2 is 2.23 bits per heavy atom. The number of aromatic nitrogens is 2. The molecule has 0 atom stereocenters. The number of carbonyl (C=O) groups excluding carboxylic acids is 1. The molecule has 0 saturated heterocycles. The highest BCUT2D eigenvalue weighted by atomic mass is 32.2. The molecular weight excluding hydrogens is 298 g/mol. The topological polar surface area (TPSA) is 68.0 Å². The first-order chi connectivity index (χ1) is 10.7. The summed E-state index contributed by atoms with van der Waals surface area (Å²) < 4.78 is 5.48. The molecule has 5 nitrogen and oxygen atoms in total. The van der Waals surface area contributed by atoms with E-state index in [1.54, 1.807) is 37.0 Å². The van der Waals surface area contributed by atoms with Crippen LogP contribution in [0.25, 0.3) is 11.1 Å². The van der Waals surface area contributed by atoms with Crippen molar-refractivity contribution < 1.29 is 9.21 Å². The van der Waals surface area contributed by atoms with E-state index in [-0.39, 0.29) is 5.91 Å². The van der Waals surface area contributed by atoms with Crippen molar-refractivity contribution in [2.24, 2.45) is 0 Å². The van der Waals surface area contributed by atoms with E-state index in [2.05, 4.69) is 15.3 Å². The summed E-state index contributed by atoms with van der Waals surface area (Å²) in [6.07, 6.45) is 3.62. The summed E-state index contributed by atoms with van der Waals surface area (Å²) in [5, 5.41) is 2.86. The minimum absolute atomic E-state index is 0.222. The van der Waals surface area contributed by atoms with Gasteiger partial charge in [0.25, 0.3) is 5.91 Å². The second-order valence-corrected chi connectivity index (χ2v) is 5.68. The lowest BCUT2D eigenvalue weighted by Crippen LogP contribution is -2.15. The van der Waals surface area contributed by atoms with Crippen LogP contribution >= 0.6 is 11.8 Å². The van der Waals surface area contributed by atoms with E-state index >= 15 is 0 Å². The number of nitrogens with zero attached hydrogens (tertiary/aromatic N) is 2. The van der Waals surface area contributed by atoms with Gasteiger partial charge in [0.05, 0.1) is 0 Å². The lowest BCUT2D eigenvalue weighted by atomic mass is 10.2. The Morgan fingerprint density at radius 1 is 1.36 bits per heavy atom. The van der Waals surface area contributed by atoms with Crippen LogP contribution < -0.4 is 5.32 Å². The van der Waals surface area contributed by atoms with Crippen LogP contribution in [0.5, 0.6) is 0 Å². The second-order valence-electron chi connectivity index (χ2n) is 4.81. The summed E-state index contributed by atoms with van der Waals surface area (Å²) in [6.45, 7) is 1.79. The molecular formula is C16H15N3O2S. The molecule has 1 aromatic carbocycles. The monoisotopic (exact) mass is 313 g/mol. The fourth-order valence-electron chi connectivity index (χ4n) is 2.22. The van der Waals surface area contributed by atoms with Crippen LogP contribution in [0.15, 0.2) is 40.9 Å². The van der Waals surface area contributed by atoms with Gasteiger partial charge in [-0.25, -0.2) is 4.98 Å². The molecule has 2 aromatic heterocycles. The first-order valence-corrected chi connectivity index (χ1v) is 8.18. The molecule has 6 heteroatoms. The Morgan fingerprint density at radius 3 is 3.05 bits per heavy atom. The lowest BCUT2D eigenvalue weighted by molar-refractivity contribution is 0.102. The number of amides is 1. The molecule has 0 fully saturated rings. The first kappa shape index (κ1) is 14.6. The summed E-state index contributed by atoms with van der Waals surface area (Å²) in [4.78, 5) is 20.9. The molecule has 3 rings (SSSR count). The van der Waals surface area contributed by atoms with Crippen molar-refractivity contribution in [3.8, 4) is 0 Å². The molecule has 2 heterocycles. The van der Waals surface area contributed by atoms with Crippen molar-refractivity contribution in [3.05, 3.63) is 53.7 Å². The standard InChI is InChI=1S/C16H15N3O2S/c1-10-18-13-6-5-12(8-14(13)21-10)19-16(20)15-11(9-22-2)4-3-7-17-15/h3-8H,9H2,1-2H3,(H,19,20). The van der Waals surface area contributed by atoms with Crippen molar-refractivity contribution in [2.75, 3.05) is 11.6 Å². The van der Waals surface area contributed by atoms with Crippen molar-refractivity contribution in [1.82, 2.24) is 9.97 Å². The van der Waals surface area contributed by atoms with Gasteiger partial charge in [-0.1, -0.05) is 6.07 Å². The first-order valence-electron chi connectivity index (χ1n) is 6.79. The van der Waals surface area contributed by atoms with Gasteiger partial charge in [0, 0.05) is 30.6 Å². The lowest BCUT2D eigenvalue weighted by Gasteiger charge is -2.08. The molecule has 1 amide bonds. The number of rotatable bonds is 4. The van der Waals surface area contributed by atoms with Gasteiger partial charge < -0.3 is 9.73 Å². The van der Waals surface area contributed by atoms with Crippen LogP contribution in [0.4, 0.5) is 5.69 Å². The third-order valence-corrected chi connectivity index (χ3v) is 3.76. The van der Waals surface area contributed by atoms with E-state index < -0.39 is 0 Å². The van der Waals surface area contributed by atoms with E-state index in [1.165, 1.54) is 0 Å². The van der Waals surface area contributed by atoms with Crippen LogP contribution in [0.3, 0.4) is 0 Å². The Labute approximate surface area is 132 Å². The molecule has 0 radical (unpaired) electrons. The molecule has 0 aliphatic rings. The summed E-state index contributed by atoms with van der Waals surface area (Å²) in [7, 11) is 0.